The largest absolute Gasteiger partial charge is 0.497 e. The third-order valence-corrected chi connectivity index (χ3v) is 8.32. The molecule has 0 saturated heterocycles. The van der Waals surface area contributed by atoms with Crippen molar-refractivity contribution in [2.75, 3.05) is 18.0 Å². The number of nitrogens with zero attached hydrogens (tertiary/aromatic N) is 2. The Bertz CT molecular complexity index is 1370. The minimum Gasteiger partial charge on any atom is -0.497 e. The maximum Gasteiger partial charge on any atom is 0.264 e. The van der Waals surface area contributed by atoms with Crippen molar-refractivity contribution in [3.05, 3.63) is 88.9 Å². The Kier molecular flexibility index (Phi) is 10.5. The zero-order valence-electron chi connectivity index (χ0n) is 22.5. The van der Waals surface area contributed by atoms with Gasteiger partial charge in [-0.1, -0.05) is 59.3 Å². The molecule has 2 amide bonds. The highest BCUT2D eigenvalue weighted by atomic mass is 79.9. The van der Waals surface area contributed by atoms with Gasteiger partial charge in [0.25, 0.3) is 10.0 Å². The molecule has 1 atom stereocenters. The summed E-state index contributed by atoms with van der Waals surface area (Å²) in [6.07, 6.45) is 0.350. The molecule has 1 unspecified atom stereocenters. The van der Waals surface area contributed by atoms with Crippen LogP contribution in [0.4, 0.5) is 5.69 Å². The van der Waals surface area contributed by atoms with E-state index >= 15 is 0 Å². The third-order valence-electron chi connectivity index (χ3n) is 6.04. The molecule has 0 spiro atoms. The van der Waals surface area contributed by atoms with Crippen molar-refractivity contribution >= 4 is 43.5 Å². The molecule has 0 aliphatic heterocycles. The number of halogens is 1. The molecule has 0 aliphatic carbocycles. The topological polar surface area (TPSA) is 96.0 Å². The number of nitrogens with one attached hydrogen (secondary N) is 1. The fourth-order valence-corrected chi connectivity index (χ4v) is 5.92. The predicted molar refractivity (Wildman–Crippen MR) is 156 cm³/mol. The first kappa shape index (κ1) is 30.2. The highest BCUT2D eigenvalue weighted by Gasteiger charge is 2.33. The number of sulfonamides is 1. The minimum absolute atomic E-state index is 0.0593. The summed E-state index contributed by atoms with van der Waals surface area (Å²) < 4.78 is 34.6. The number of hydrogen-bond donors (Lipinski definition) is 1. The molecule has 208 valence electrons. The zero-order valence-corrected chi connectivity index (χ0v) is 24.9. The van der Waals surface area contributed by atoms with Crippen LogP contribution in [0.15, 0.2) is 88.2 Å². The van der Waals surface area contributed by atoms with E-state index in [9.17, 15) is 18.0 Å². The van der Waals surface area contributed by atoms with E-state index in [1.54, 1.807) is 61.7 Å². The van der Waals surface area contributed by atoms with E-state index in [0.29, 0.717) is 22.3 Å². The average molecular weight is 617 g/mol. The van der Waals surface area contributed by atoms with Crippen LogP contribution in [0.25, 0.3) is 0 Å². The highest BCUT2D eigenvalue weighted by molar-refractivity contribution is 9.10. The van der Waals surface area contributed by atoms with Crippen LogP contribution in [0.1, 0.15) is 32.8 Å². The summed E-state index contributed by atoms with van der Waals surface area (Å²) in [5.41, 5.74) is 1.10. The Balaban J connectivity index is 2.04. The van der Waals surface area contributed by atoms with Gasteiger partial charge in [0, 0.05) is 17.1 Å². The van der Waals surface area contributed by atoms with E-state index in [4.69, 9.17) is 4.74 Å². The van der Waals surface area contributed by atoms with Gasteiger partial charge in [0.15, 0.2) is 0 Å². The molecule has 0 heterocycles. The SMILES string of the molecule is CCC(C(=O)NC(C)C)N(Cc1ccc(OC)cc1)C(=O)CN(c1cccc(Br)c1)S(=O)(=O)c1ccccc1. The van der Waals surface area contributed by atoms with Crippen molar-refractivity contribution in [2.24, 2.45) is 0 Å². The van der Waals surface area contributed by atoms with Gasteiger partial charge in [-0.05, 0) is 68.3 Å². The van der Waals surface area contributed by atoms with E-state index in [0.717, 1.165) is 9.87 Å². The van der Waals surface area contributed by atoms with Crippen molar-refractivity contribution < 1.29 is 22.7 Å². The number of rotatable bonds is 12. The van der Waals surface area contributed by atoms with Crippen molar-refractivity contribution in [3.63, 3.8) is 0 Å². The second kappa shape index (κ2) is 13.6. The molecular formula is C29H34BrN3O5S. The van der Waals surface area contributed by atoms with Crippen molar-refractivity contribution in [1.29, 1.82) is 0 Å². The standard InChI is InChI=1S/C29H34BrN3O5S/c1-5-27(29(35)31-21(2)3)32(19-22-14-16-25(38-4)17-15-22)28(34)20-33(24-11-9-10-23(30)18-24)39(36,37)26-12-7-6-8-13-26/h6-18,21,27H,5,19-20H2,1-4H3,(H,31,35). The first-order valence-corrected chi connectivity index (χ1v) is 14.9. The normalized spacial score (nSPS) is 12.1. The van der Waals surface area contributed by atoms with Crippen LogP contribution >= 0.6 is 15.9 Å². The van der Waals surface area contributed by atoms with Crippen LogP contribution in [0, 0.1) is 0 Å². The molecule has 3 aromatic rings. The number of hydrogen-bond acceptors (Lipinski definition) is 5. The van der Waals surface area contributed by atoms with Crippen LogP contribution in [0.5, 0.6) is 5.75 Å². The Morgan fingerprint density at radius 2 is 1.64 bits per heavy atom. The van der Waals surface area contributed by atoms with Crippen molar-refractivity contribution in [2.45, 2.75) is 50.7 Å². The van der Waals surface area contributed by atoms with Crippen LogP contribution in [-0.4, -0.2) is 50.9 Å². The Labute approximate surface area is 239 Å². The molecule has 10 heteroatoms. The quantitative estimate of drug-likeness (QED) is 0.310. The lowest BCUT2D eigenvalue weighted by atomic mass is 10.1. The fourth-order valence-electron chi connectivity index (χ4n) is 4.11. The molecule has 8 nitrogen and oxygen atoms in total. The Morgan fingerprint density at radius 3 is 2.21 bits per heavy atom. The van der Waals surface area contributed by atoms with Gasteiger partial charge >= 0.3 is 0 Å². The van der Waals surface area contributed by atoms with E-state index < -0.39 is 28.5 Å². The molecule has 3 rings (SSSR count). The summed E-state index contributed by atoms with van der Waals surface area (Å²) in [5, 5.41) is 2.89. The molecule has 0 fully saturated rings. The number of methoxy groups -OCH3 is 1. The van der Waals surface area contributed by atoms with Crippen LogP contribution < -0.4 is 14.4 Å². The smallest absolute Gasteiger partial charge is 0.264 e. The summed E-state index contributed by atoms with van der Waals surface area (Å²) >= 11 is 3.40. The molecule has 0 aliphatic rings. The van der Waals surface area contributed by atoms with E-state index in [1.165, 1.54) is 17.0 Å². The van der Waals surface area contributed by atoms with Crippen LogP contribution in [0.3, 0.4) is 0 Å². The zero-order chi connectivity index (χ0) is 28.6. The van der Waals surface area contributed by atoms with Crippen LogP contribution in [0.2, 0.25) is 0 Å². The summed E-state index contributed by atoms with van der Waals surface area (Å²) in [5.74, 6) is -0.138. The fraction of sp³-hybridized carbons (Fsp3) is 0.310. The first-order chi connectivity index (χ1) is 18.6. The number of benzene rings is 3. The molecule has 0 aromatic heterocycles. The number of anilines is 1. The van der Waals surface area contributed by atoms with Gasteiger partial charge in [-0.3, -0.25) is 13.9 Å². The maximum absolute atomic E-state index is 14.0. The minimum atomic E-state index is -4.11. The number of ether oxygens (including phenoxy) is 1. The third kappa shape index (κ3) is 7.83. The monoisotopic (exact) mass is 615 g/mol. The van der Waals surface area contributed by atoms with E-state index in [-0.39, 0.29) is 23.4 Å². The molecule has 0 saturated carbocycles. The molecule has 1 N–H and O–H groups in total. The van der Waals surface area contributed by atoms with E-state index in [2.05, 4.69) is 21.2 Å². The summed E-state index contributed by atoms with van der Waals surface area (Å²) in [4.78, 5) is 28.7. The van der Waals surface area contributed by atoms with Crippen LogP contribution in [-0.2, 0) is 26.2 Å². The van der Waals surface area contributed by atoms with E-state index in [1.807, 2.05) is 32.9 Å². The lowest BCUT2D eigenvalue weighted by Gasteiger charge is -2.33. The second-order valence-electron chi connectivity index (χ2n) is 9.26. The molecule has 0 radical (unpaired) electrons. The lowest BCUT2D eigenvalue weighted by molar-refractivity contribution is -0.140. The van der Waals surface area contributed by atoms with Gasteiger partial charge in [-0.15, -0.1) is 0 Å². The lowest BCUT2D eigenvalue weighted by Crippen LogP contribution is -2.53. The highest BCUT2D eigenvalue weighted by Crippen LogP contribution is 2.27. The average Bonchev–Trinajstić information content (AvgIpc) is 2.91. The van der Waals surface area contributed by atoms with Gasteiger partial charge in [0.2, 0.25) is 11.8 Å². The maximum atomic E-state index is 14.0. The molecule has 0 bridgehead atoms. The van der Waals surface area contributed by atoms with Gasteiger partial charge < -0.3 is 15.0 Å². The van der Waals surface area contributed by atoms with Gasteiger partial charge in [0.05, 0.1) is 17.7 Å². The first-order valence-electron chi connectivity index (χ1n) is 12.6. The molecular weight excluding hydrogens is 582 g/mol. The van der Waals surface area contributed by atoms with Gasteiger partial charge in [0.1, 0.15) is 18.3 Å². The number of carbonyl (C=O) groups excluding carboxylic acids is 2. The summed E-state index contributed by atoms with van der Waals surface area (Å²) in [7, 11) is -2.54. The number of amides is 2. The summed E-state index contributed by atoms with van der Waals surface area (Å²) in [6, 6.07) is 21.0. The van der Waals surface area contributed by atoms with Gasteiger partial charge in [-0.2, -0.15) is 0 Å². The van der Waals surface area contributed by atoms with Gasteiger partial charge in [-0.25, -0.2) is 8.42 Å². The van der Waals surface area contributed by atoms with Crippen molar-refractivity contribution in [1.82, 2.24) is 10.2 Å². The second-order valence-corrected chi connectivity index (χ2v) is 12.0. The molecule has 39 heavy (non-hydrogen) atoms. The Hall–Kier alpha value is -3.37. The predicted octanol–water partition coefficient (Wildman–Crippen LogP) is 4.99. The summed E-state index contributed by atoms with van der Waals surface area (Å²) in [6.45, 7) is 5.15. The Morgan fingerprint density at radius 1 is 0.974 bits per heavy atom. The van der Waals surface area contributed by atoms with Crippen molar-refractivity contribution in [3.8, 4) is 5.75 Å². The number of carbonyl (C=O) groups is 2. The molecule has 3 aromatic carbocycles.